The molecule has 0 radical (unpaired) electrons. The number of nitrogens with zero attached hydrogens (tertiary/aromatic N) is 3. The van der Waals surface area contributed by atoms with Crippen LogP contribution in [0.3, 0.4) is 0 Å². The molecule has 0 aliphatic carbocycles. The first-order chi connectivity index (χ1) is 7.13. The quantitative estimate of drug-likeness (QED) is 0.449. The molecule has 0 unspecified atom stereocenters. The summed E-state index contributed by atoms with van der Waals surface area (Å²) in [5, 5.41) is 4.93. The Labute approximate surface area is 92.9 Å². The molecule has 0 atom stereocenters. The summed E-state index contributed by atoms with van der Waals surface area (Å²) in [6.45, 7) is 8.61. The van der Waals surface area contributed by atoms with E-state index in [1.165, 1.54) is 12.3 Å². The maximum atomic E-state index is 13.5. The molecule has 0 N–H and O–H groups in total. The molecule has 1 aromatic heterocycles. The van der Waals surface area contributed by atoms with Crippen LogP contribution in [0.5, 0.6) is 0 Å². The molecule has 0 amide bonds. The fourth-order valence-corrected chi connectivity index (χ4v) is 1.38. The first kappa shape index (κ1) is 11.7. The molecule has 0 fully saturated rings. The third-order valence-corrected chi connectivity index (χ3v) is 2.23. The van der Waals surface area contributed by atoms with E-state index in [4.69, 9.17) is 11.6 Å². The molecule has 15 heavy (non-hydrogen) atoms. The molecule has 0 saturated heterocycles. The van der Waals surface area contributed by atoms with Crippen LogP contribution in [0.1, 0.15) is 12.5 Å². The zero-order valence-corrected chi connectivity index (χ0v) is 9.13. The average molecular weight is 228 g/mol. The van der Waals surface area contributed by atoms with Gasteiger partial charge in [-0.2, -0.15) is 5.10 Å². The SMILES string of the molecule is C=CN(N=C)c1nc(Cl)c(CC)cc1F. The van der Waals surface area contributed by atoms with Crippen LogP contribution in [0.15, 0.2) is 23.9 Å². The van der Waals surface area contributed by atoms with Gasteiger partial charge in [-0.05, 0) is 18.1 Å². The Morgan fingerprint density at radius 2 is 2.40 bits per heavy atom. The number of aromatic nitrogens is 1. The highest BCUT2D eigenvalue weighted by Crippen LogP contribution is 2.23. The van der Waals surface area contributed by atoms with Crippen molar-refractivity contribution in [3.63, 3.8) is 0 Å². The molecule has 1 rings (SSSR count). The highest BCUT2D eigenvalue weighted by Gasteiger charge is 2.13. The number of hydrazone groups is 1. The van der Waals surface area contributed by atoms with E-state index in [1.54, 1.807) is 0 Å². The van der Waals surface area contributed by atoms with Gasteiger partial charge in [0, 0.05) is 12.9 Å². The molecular weight excluding hydrogens is 217 g/mol. The molecule has 5 heteroatoms. The minimum atomic E-state index is -0.497. The van der Waals surface area contributed by atoms with Gasteiger partial charge in [0.2, 0.25) is 0 Å². The number of anilines is 1. The van der Waals surface area contributed by atoms with Gasteiger partial charge in [0.25, 0.3) is 0 Å². The van der Waals surface area contributed by atoms with Crippen molar-refractivity contribution in [1.82, 2.24) is 4.98 Å². The van der Waals surface area contributed by atoms with Gasteiger partial charge < -0.3 is 0 Å². The van der Waals surface area contributed by atoms with E-state index >= 15 is 0 Å². The Kier molecular flexibility index (Phi) is 3.80. The molecule has 0 bridgehead atoms. The standard InChI is InChI=1S/C10H11ClFN3/c1-4-7-6-8(12)10(14-9(7)11)15(5-2)13-3/h5-6H,2-4H2,1H3. The lowest BCUT2D eigenvalue weighted by molar-refractivity contribution is 0.616. The predicted molar refractivity (Wildman–Crippen MR) is 60.8 cm³/mol. The topological polar surface area (TPSA) is 28.5 Å². The van der Waals surface area contributed by atoms with E-state index in [-0.39, 0.29) is 11.0 Å². The lowest BCUT2D eigenvalue weighted by atomic mass is 10.2. The second kappa shape index (κ2) is 4.89. The maximum Gasteiger partial charge on any atom is 0.191 e. The van der Waals surface area contributed by atoms with Crippen LogP contribution in [-0.4, -0.2) is 11.7 Å². The first-order valence-electron chi connectivity index (χ1n) is 4.37. The molecule has 1 aromatic rings. The van der Waals surface area contributed by atoms with Crippen LogP contribution >= 0.6 is 11.6 Å². The van der Waals surface area contributed by atoms with Crippen LogP contribution in [0.25, 0.3) is 0 Å². The van der Waals surface area contributed by atoms with Gasteiger partial charge in [-0.1, -0.05) is 25.1 Å². The monoisotopic (exact) mass is 227 g/mol. The molecular formula is C10H11ClFN3. The Hall–Kier alpha value is -1.42. The molecule has 0 spiro atoms. The van der Waals surface area contributed by atoms with Gasteiger partial charge >= 0.3 is 0 Å². The maximum absolute atomic E-state index is 13.5. The zero-order valence-electron chi connectivity index (χ0n) is 8.37. The van der Waals surface area contributed by atoms with Crippen molar-refractivity contribution in [2.75, 3.05) is 5.01 Å². The number of halogens is 2. The van der Waals surface area contributed by atoms with Gasteiger partial charge in [0.15, 0.2) is 11.6 Å². The van der Waals surface area contributed by atoms with Crippen molar-refractivity contribution in [2.45, 2.75) is 13.3 Å². The third-order valence-electron chi connectivity index (χ3n) is 1.91. The first-order valence-corrected chi connectivity index (χ1v) is 4.75. The van der Waals surface area contributed by atoms with Crippen molar-refractivity contribution in [1.29, 1.82) is 0 Å². The van der Waals surface area contributed by atoms with Crippen molar-refractivity contribution in [3.05, 3.63) is 35.4 Å². The molecule has 0 aliphatic heterocycles. The Morgan fingerprint density at radius 3 is 2.87 bits per heavy atom. The lowest BCUT2D eigenvalue weighted by Gasteiger charge is -2.13. The lowest BCUT2D eigenvalue weighted by Crippen LogP contribution is -2.10. The summed E-state index contributed by atoms with van der Waals surface area (Å²) in [5.74, 6) is -0.495. The van der Waals surface area contributed by atoms with Crippen LogP contribution in [0.4, 0.5) is 10.2 Å². The fourth-order valence-electron chi connectivity index (χ4n) is 1.12. The summed E-state index contributed by atoms with van der Waals surface area (Å²) in [6.07, 6.45) is 1.93. The Bertz CT molecular complexity index is 384. The number of rotatable bonds is 4. The molecule has 0 aromatic carbocycles. The number of hydrogen-bond donors (Lipinski definition) is 0. The number of pyridine rings is 1. The predicted octanol–water partition coefficient (Wildman–Crippen LogP) is 3.00. The molecule has 3 nitrogen and oxygen atoms in total. The Morgan fingerprint density at radius 1 is 1.73 bits per heavy atom. The van der Waals surface area contributed by atoms with Crippen molar-refractivity contribution in [2.24, 2.45) is 5.10 Å². The van der Waals surface area contributed by atoms with Crippen molar-refractivity contribution in [3.8, 4) is 0 Å². The summed E-state index contributed by atoms with van der Waals surface area (Å²) >= 11 is 5.86. The van der Waals surface area contributed by atoms with Crippen LogP contribution in [-0.2, 0) is 6.42 Å². The van der Waals surface area contributed by atoms with E-state index in [0.717, 1.165) is 5.01 Å². The Balaban J connectivity index is 3.25. The van der Waals surface area contributed by atoms with Gasteiger partial charge in [0.1, 0.15) is 5.15 Å². The summed E-state index contributed by atoms with van der Waals surface area (Å²) in [6, 6.07) is 1.34. The highest BCUT2D eigenvalue weighted by atomic mass is 35.5. The minimum Gasteiger partial charge on any atom is -0.221 e. The summed E-state index contributed by atoms with van der Waals surface area (Å²) < 4.78 is 13.5. The summed E-state index contributed by atoms with van der Waals surface area (Å²) in [4.78, 5) is 3.90. The normalized spacial score (nSPS) is 9.80. The van der Waals surface area contributed by atoms with Crippen LogP contribution < -0.4 is 5.01 Å². The highest BCUT2D eigenvalue weighted by molar-refractivity contribution is 6.30. The summed E-state index contributed by atoms with van der Waals surface area (Å²) in [7, 11) is 0. The van der Waals surface area contributed by atoms with Crippen LogP contribution in [0.2, 0.25) is 5.15 Å². The van der Waals surface area contributed by atoms with Gasteiger partial charge in [0.05, 0.1) is 0 Å². The van der Waals surface area contributed by atoms with Gasteiger partial charge in [-0.25, -0.2) is 14.4 Å². The number of aryl methyl sites for hydroxylation is 1. The minimum absolute atomic E-state index is 0.00204. The molecule has 1 heterocycles. The van der Waals surface area contributed by atoms with E-state index in [1.807, 2.05) is 6.92 Å². The molecule has 80 valence electrons. The van der Waals surface area contributed by atoms with Crippen LogP contribution in [0, 0.1) is 5.82 Å². The second-order valence-corrected chi connectivity index (χ2v) is 3.12. The fraction of sp³-hybridized carbons (Fsp3) is 0.200. The number of hydrogen-bond acceptors (Lipinski definition) is 3. The third kappa shape index (κ3) is 2.33. The molecule has 0 aliphatic rings. The van der Waals surface area contributed by atoms with E-state index in [2.05, 4.69) is 23.4 Å². The second-order valence-electron chi connectivity index (χ2n) is 2.77. The van der Waals surface area contributed by atoms with Crippen molar-refractivity contribution < 1.29 is 4.39 Å². The zero-order chi connectivity index (χ0) is 11.4. The van der Waals surface area contributed by atoms with Crippen molar-refractivity contribution >= 4 is 24.1 Å². The van der Waals surface area contributed by atoms with Gasteiger partial charge in [-0.15, -0.1) is 0 Å². The van der Waals surface area contributed by atoms with E-state index in [0.29, 0.717) is 12.0 Å². The average Bonchev–Trinajstić information content (AvgIpc) is 2.24. The largest absolute Gasteiger partial charge is 0.221 e. The van der Waals surface area contributed by atoms with E-state index in [9.17, 15) is 4.39 Å². The smallest absolute Gasteiger partial charge is 0.191 e. The summed E-state index contributed by atoms with van der Waals surface area (Å²) in [5.41, 5.74) is 0.658. The molecule has 0 saturated carbocycles. The van der Waals surface area contributed by atoms with Gasteiger partial charge in [-0.3, -0.25) is 0 Å². The van der Waals surface area contributed by atoms with E-state index < -0.39 is 5.82 Å².